The summed E-state index contributed by atoms with van der Waals surface area (Å²) in [7, 11) is 0.232. The Bertz CT molecular complexity index is 767. The van der Waals surface area contributed by atoms with Gasteiger partial charge in [-0.3, -0.25) is 0 Å². The molecule has 0 radical (unpaired) electrons. The number of allylic oxidation sites excluding steroid dienone is 2. The summed E-state index contributed by atoms with van der Waals surface area (Å²) in [6.45, 7) is 8.17. The third kappa shape index (κ3) is 5.31. The second-order valence-corrected chi connectivity index (χ2v) is 6.89. The predicted molar refractivity (Wildman–Crippen MR) is 106 cm³/mol. The summed E-state index contributed by atoms with van der Waals surface area (Å²) in [6, 6.07) is 14.8. The van der Waals surface area contributed by atoms with Crippen molar-refractivity contribution in [3.05, 3.63) is 84.1 Å². The molecule has 5 heteroatoms. The van der Waals surface area contributed by atoms with Crippen LogP contribution < -0.4 is 9.46 Å². The standard InChI is InChI=1S/C21H25NO3S/c1-5-7-20(25-6-2)21(17-10-12-18(24-4)13-11-17)22-26(23)19-14-8-16(3)9-15-19/h5,7-15,21-22H,1,6H2,2-4H3/b20-7+/t21-,26+/m0/s1. The first-order chi connectivity index (χ1) is 12.6. The highest BCUT2D eigenvalue weighted by molar-refractivity contribution is 7.83. The second kappa shape index (κ2) is 9.94. The van der Waals surface area contributed by atoms with E-state index in [0.29, 0.717) is 17.3 Å². The van der Waals surface area contributed by atoms with Gasteiger partial charge in [0.1, 0.15) is 28.5 Å². The van der Waals surface area contributed by atoms with Gasteiger partial charge in [-0.2, -0.15) is 0 Å². The lowest BCUT2D eigenvalue weighted by Gasteiger charge is -2.22. The van der Waals surface area contributed by atoms with Crippen LogP contribution in [0.1, 0.15) is 24.1 Å². The van der Waals surface area contributed by atoms with Gasteiger partial charge in [0.25, 0.3) is 0 Å². The summed E-state index contributed by atoms with van der Waals surface area (Å²) in [6.07, 6.45) is 3.45. The maximum atomic E-state index is 12.8. The molecule has 0 aromatic heterocycles. The van der Waals surface area contributed by atoms with Gasteiger partial charge in [-0.1, -0.05) is 42.5 Å². The average Bonchev–Trinajstić information content (AvgIpc) is 2.66. The fourth-order valence-corrected chi connectivity index (χ4v) is 3.42. The summed E-state index contributed by atoms with van der Waals surface area (Å²) >= 11 is 0. The van der Waals surface area contributed by atoms with Crippen LogP contribution in [0.2, 0.25) is 0 Å². The van der Waals surface area contributed by atoms with E-state index >= 15 is 0 Å². The Morgan fingerprint density at radius 2 is 1.85 bits per heavy atom. The van der Waals surface area contributed by atoms with Gasteiger partial charge in [0.15, 0.2) is 0 Å². The lowest BCUT2D eigenvalue weighted by Crippen LogP contribution is -2.26. The number of ether oxygens (including phenoxy) is 2. The topological polar surface area (TPSA) is 47.6 Å². The van der Waals surface area contributed by atoms with Crippen molar-refractivity contribution < 1.29 is 13.7 Å². The predicted octanol–water partition coefficient (Wildman–Crippen LogP) is 4.46. The van der Waals surface area contributed by atoms with E-state index in [1.165, 1.54) is 0 Å². The van der Waals surface area contributed by atoms with E-state index < -0.39 is 11.0 Å². The second-order valence-electron chi connectivity index (χ2n) is 5.64. The number of nitrogens with one attached hydrogen (secondary N) is 1. The van der Waals surface area contributed by atoms with Gasteiger partial charge in [-0.05, 0) is 49.8 Å². The molecule has 2 atom stereocenters. The molecule has 4 nitrogen and oxygen atoms in total. The van der Waals surface area contributed by atoms with Crippen LogP contribution >= 0.6 is 0 Å². The van der Waals surface area contributed by atoms with Crippen molar-refractivity contribution >= 4 is 11.0 Å². The largest absolute Gasteiger partial charge is 0.497 e. The van der Waals surface area contributed by atoms with Gasteiger partial charge in [-0.25, -0.2) is 8.93 Å². The first-order valence-corrected chi connectivity index (χ1v) is 9.58. The summed E-state index contributed by atoms with van der Waals surface area (Å²) in [5.41, 5.74) is 2.05. The van der Waals surface area contributed by atoms with Crippen molar-refractivity contribution in [2.24, 2.45) is 0 Å². The fourth-order valence-electron chi connectivity index (χ4n) is 2.43. The normalized spacial score (nSPS) is 13.7. The van der Waals surface area contributed by atoms with E-state index in [1.807, 2.05) is 62.4 Å². The van der Waals surface area contributed by atoms with Crippen molar-refractivity contribution in [1.82, 2.24) is 4.72 Å². The highest BCUT2D eigenvalue weighted by Gasteiger charge is 2.21. The molecule has 0 heterocycles. The molecule has 2 rings (SSSR count). The van der Waals surface area contributed by atoms with Crippen LogP contribution in [-0.2, 0) is 15.7 Å². The molecule has 0 aliphatic heterocycles. The SMILES string of the molecule is C=C/C=C(/OCC)[C@@H](N[S@](=O)c1ccc(C)cc1)c1ccc(OC)cc1. The molecule has 138 valence electrons. The van der Waals surface area contributed by atoms with Crippen LogP contribution in [0.15, 0.2) is 77.9 Å². The van der Waals surface area contributed by atoms with E-state index in [1.54, 1.807) is 19.3 Å². The lowest BCUT2D eigenvalue weighted by molar-refractivity contribution is 0.206. The van der Waals surface area contributed by atoms with E-state index in [-0.39, 0.29) is 6.04 Å². The Balaban J connectivity index is 2.35. The smallest absolute Gasteiger partial charge is 0.125 e. The molecule has 0 spiro atoms. The van der Waals surface area contributed by atoms with Crippen molar-refractivity contribution in [3.8, 4) is 5.75 Å². The molecule has 26 heavy (non-hydrogen) atoms. The molecular formula is C21H25NO3S. The van der Waals surface area contributed by atoms with E-state index in [0.717, 1.165) is 16.9 Å². The molecule has 0 unspecified atom stereocenters. The zero-order chi connectivity index (χ0) is 18.9. The van der Waals surface area contributed by atoms with Crippen LogP contribution in [0.3, 0.4) is 0 Å². The van der Waals surface area contributed by atoms with Crippen molar-refractivity contribution in [2.45, 2.75) is 24.8 Å². The van der Waals surface area contributed by atoms with Crippen LogP contribution in [0, 0.1) is 6.92 Å². The molecule has 2 aromatic carbocycles. The van der Waals surface area contributed by atoms with Gasteiger partial charge in [0.05, 0.1) is 18.6 Å². The highest BCUT2D eigenvalue weighted by atomic mass is 32.2. The molecule has 0 aliphatic carbocycles. The van der Waals surface area contributed by atoms with Gasteiger partial charge < -0.3 is 9.47 Å². The van der Waals surface area contributed by atoms with Crippen molar-refractivity contribution in [1.29, 1.82) is 0 Å². The molecule has 0 aliphatic rings. The fraction of sp³-hybridized carbons (Fsp3) is 0.238. The zero-order valence-corrected chi connectivity index (χ0v) is 16.2. The van der Waals surface area contributed by atoms with Gasteiger partial charge in [0.2, 0.25) is 0 Å². The maximum Gasteiger partial charge on any atom is 0.125 e. The van der Waals surface area contributed by atoms with E-state index in [2.05, 4.69) is 11.3 Å². The molecular weight excluding hydrogens is 346 g/mol. The quantitative estimate of drug-likeness (QED) is 0.523. The van der Waals surface area contributed by atoms with E-state index in [4.69, 9.17) is 9.47 Å². The Kier molecular flexibility index (Phi) is 7.63. The maximum absolute atomic E-state index is 12.8. The van der Waals surface area contributed by atoms with Gasteiger partial charge >= 0.3 is 0 Å². The Hall–Kier alpha value is -2.37. The number of methoxy groups -OCH3 is 1. The average molecular weight is 372 g/mol. The molecule has 0 saturated heterocycles. The summed E-state index contributed by atoms with van der Waals surface area (Å²) in [5, 5.41) is 0. The summed E-state index contributed by atoms with van der Waals surface area (Å²) in [4.78, 5) is 0.712. The van der Waals surface area contributed by atoms with Crippen molar-refractivity contribution in [3.63, 3.8) is 0 Å². The minimum absolute atomic E-state index is 0.374. The van der Waals surface area contributed by atoms with E-state index in [9.17, 15) is 4.21 Å². The number of hydrogen-bond donors (Lipinski definition) is 1. The van der Waals surface area contributed by atoms with Crippen LogP contribution in [0.25, 0.3) is 0 Å². The molecule has 0 amide bonds. The molecule has 0 fully saturated rings. The monoisotopic (exact) mass is 371 g/mol. The minimum Gasteiger partial charge on any atom is -0.497 e. The van der Waals surface area contributed by atoms with Gasteiger partial charge in [-0.15, -0.1) is 0 Å². The third-order valence-corrected chi connectivity index (χ3v) is 4.94. The highest BCUT2D eigenvalue weighted by Crippen LogP contribution is 2.26. The van der Waals surface area contributed by atoms with Crippen LogP contribution in [0.5, 0.6) is 5.75 Å². The number of rotatable bonds is 9. The van der Waals surface area contributed by atoms with Crippen molar-refractivity contribution in [2.75, 3.05) is 13.7 Å². The molecule has 2 aromatic rings. The Morgan fingerprint density at radius 3 is 2.38 bits per heavy atom. The number of hydrogen-bond acceptors (Lipinski definition) is 3. The molecule has 0 bridgehead atoms. The first-order valence-electron chi connectivity index (χ1n) is 8.43. The van der Waals surface area contributed by atoms with Gasteiger partial charge in [0, 0.05) is 0 Å². The Morgan fingerprint density at radius 1 is 1.19 bits per heavy atom. The number of benzene rings is 2. The minimum atomic E-state index is -1.39. The zero-order valence-electron chi connectivity index (χ0n) is 15.4. The summed E-state index contributed by atoms with van der Waals surface area (Å²) < 4.78 is 27.0. The summed E-state index contributed by atoms with van der Waals surface area (Å²) in [5.74, 6) is 1.42. The molecule has 1 N–H and O–H groups in total. The Labute approximate surface area is 158 Å². The molecule has 0 saturated carbocycles. The first kappa shape index (κ1) is 19.9. The number of aryl methyl sites for hydroxylation is 1. The lowest BCUT2D eigenvalue weighted by atomic mass is 10.1. The van der Waals surface area contributed by atoms with Crippen LogP contribution in [0.4, 0.5) is 0 Å². The van der Waals surface area contributed by atoms with Crippen LogP contribution in [-0.4, -0.2) is 17.9 Å². The third-order valence-electron chi connectivity index (χ3n) is 3.79.